The lowest BCUT2D eigenvalue weighted by atomic mass is 9.79. The molecule has 276 valence electrons. The molecule has 0 saturated carbocycles. The molecule has 6 aromatic rings. The Kier molecular flexibility index (Phi) is 12.6. The van der Waals surface area contributed by atoms with Gasteiger partial charge in [0, 0.05) is 5.56 Å². The molecule has 1 N–H and O–H groups in total. The van der Waals surface area contributed by atoms with Gasteiger partial charge in [0.15, 0.2) is 6.29 Å². The second kappa shape index (κ2) is 18.3. The molecule has 5 atom stereocenters. The molecule has 1 heterocycles. The van der Waals surface area contributed by atoms with Crippen LogP contribution in [0.4, 0.5) is 0 Å². The van der Waals surface area contributed by atoms with E-state index in [4.69, 9.17) is 28.4 Å². The summed E-state index contributed by atoms with van der Waals surface area (Å²) in [6.45, 7) is 0.839. The topological polar surface area (TPSA) is 75.6 Å². The average Bonchev–Trinajstić information content (AvgIpc) is 3.24. The first kappa shape index (κ1) is 37.2. The SMILES string of the molecule is COc1ccccc1C(OC[C@H]1O[C@H](O)[C@@H](OCc2ccccc2)[C@@H](OCc2ccccc2)[C@@H]1OCc1ccccc1)(c1ccccc1)c1ccccc1. The van der Waals surface area contributed by atoms with Crippen LogP contribution in [0.2, 0.25) is 0 Å². The lowest BCUT2D eigenvalue weighted by Crippen LogP contribution is -2.61. The van der Waals surface area contributed by atoms with E-state index in [0.717, 1.165) is 33.4 Å². The molecular weight excluding hydrogens is 677 g/mol. The standard InChI is InChI=1S/C47H46O7/c1-49-41-30-18-17-29-40(41)47(38-25-13-5-14-26-38,39-27-15-6-16-28-39)53-34-42-43(50-31-35-19-7-2-8-20-35)44(51-32-36-21-9-3-10-22-36)45(46(48)54-42)52-33-37-23-11-4-12-24-37/h2-30,42-46,48H,31-34H2,1H3/t42-,43-,44+,45+,46+/m1/s1. The average molecular weight is 723 g/mol. The third kappa shape index (κ3) is 8.64. The maximum absolute atomic E-state index is 11.8. The summed E-state index contributed by atoms with van der Waals surface area (Å²) in [4.78, 5) is 0. The highest BCUT2D eigenvalue weighted by Crippen LogP contribution is 2.45. The van der Waals surface area contributed by atoms with E-state index >= 15 is 0 Å². The number of hydrogen-bond acceptors (Lipinski definition) is 7. The zero-order valence-corrected chi connectivity index (χ0v) is 30.4. The Bertz CT molecular complexity index is 1940. The number of ether oxygens (including phenoxy) is 6. The van der Waals surface area contributed by atoms with Crippen molar-refractivity contribution in [3.63, 3.8) is 0 Å². The van der Waals surface area contributed by atoms with Crippen LogP contribution in [-0.2, 0) is 49.1 Å². The Morgan fingerprint density at radius 3 is 1.39 bits per heavy atom. The van der Waals surface area contributed by atoms with Crippen molar-refractivity contribution in [1.29, 1.82) is 0 Å². The van der Waals surface area contributed by atoms with Crippen LogP contribution in [0.25, 0.3) is 0 Å². The Hall–Kier alpha value is -5.12. The molecule has 7 nitrogen and oxygen atoms in total. The van der Waals surface area contributed by atoms with Crippen molar-refractivity contribution in [3.05, 3.63) is 209 Å². The van der Waals surface area contributed by atoms with Gasteiger partial charge < -0.3 is 33.5 Å². The van der Waals surface area contributed by atoms with Crippen LogP contribution in [0, 0.1) is 0 Å². The van der Waals surface area contributed by atoms with Crippen LogP contribution in [-0.4, -0.2) is 49.5 Å². The van der Waals surface area contributed by atoms with Crippen molar-refractivity contribution in [2.75, 3.05) is 13.7 Å². The highest BCUT2D eigenvalue weighted by atomic mass is 16.7. The lowest BCUT2D eigenvalue weighted by molar-refractivity contribution is -0.319. The zero-order chi connectivity index (χ0) is 37.0. The van der Waals surface area contributed by atoms with Gasteiger partial charge in [-0.15, -0.1) is 0 Å². The van der Waals surface area contributed by atoms with Gasteiger partial charge in [0.1, 0.15) is 35.8 Å². The van der Waals surface area contributed by atoms with E-state index in [-0.39, 0.29) is 26.4 Å². The normalized spacial score (nSPS) is 20.0. The minimum atomic E-state index is -1.34. The summed E-state index contributed by atoms with van der Waals surface area (Å²) in [6, 6.07) is 57.9. The first-order valence-corrected chi connectivity index (χ1v) is 18.3. The number of hydrogen-bond donors (Lipinski definition) is 1. The molecule has 1 saturated heterocycles. The first-order chi connectivity index (χ1) is 26.7. The van der Waals surface area contributed by atoms with Crippen molar-refractivity contribution in [1.82, 2.24) is 0 Å². The number of rotatable bonds is 16. The molecule has 1 aliphatic heterocycles. The van der Waals surface area contributed by atoms with Crippen molar-refractivity contribution < 1.29 is 33.5 Å². The first-order valence-electron chi connectivity index (χ1n) is 18.3. The molecule has 1 aliphatic rings. The van der Waals surface area contributed by atoms with Gasteiger partial charge in [0.2, 0.25) is 0 Å². The van der Waals surface area contributed by atoms with Gasteiger partial charge >= 0.3 is 0 Å². The van der Waals surface area contributed by atoms with Gasteiger partial charge in [-0.25, -0.2) is 0 Å². The van der Waals surface area contributed by atoms with Crippen LogP contribution in [0.3, 0.4) is 0 Å². The van der Waals surface area contributed by atoms with E-state index < -0.39 is 36.3 Å². The fourth-order valence-corrected chi connectivity index (χ4v) is 7.11. The van der Waals surface area contributed by atoms with Crippen molar-refractivity contribution in [2.45, 2.75) is 56.1 Å². The Labute approximate surface area is 317 Å². The Morgan fingerprint density at radius 2 is 0.907 bits per heavy atom. The van der Waals surface area contributed by atoms with Crippen LogP contribution in [0.5, 0.6) is 5.75 Å². The molecule has 6 aromatic carbocycles. The molecule has 0 aliphatic carbocycles. The van der Waals surface area contributed by atoms with Gasteiger partial charge in [0.25, 0.3) is 0 Å². The summed E-state index contributed by atoms with van der Waals surface area (Å²) in [5.41, 5.74) is 4.44. The quantitative estimate of drug-likeness (QED) is 0.101. The third-order valence-corrected chi connectivity index (χ3v) is 9.78. The van der Waals surface area contributed by atoms with E-state index in [9.17, 15) is 5.11 Å². The maximum atomic E-state index is 11.8. The largest absolute Gasteiger partial charge is 0.496 e. The van der Waals surface area contributed by atoms with Gasteiger partial charge in [-0.3, -0.25) is 0 Å². The predicted molar refractivity (Wildman–Crippen MR) is 208 cm³/mol. The minimum Gasteiger partial charge on any atom is -0.496 e. The monoisotopic (exact) mass is 722 g/mol. The van der Waals surface area contributed by atoms with E-state index in [0.29, 0.717) is 5.75 Å². The molecule has 7 rings (SSSR count). The number of para-hydroxylation sites is 1. The summed E-state index contributed by atoms with van der Waals surface area (Å²) in [6.07, 6.45) is -4.42. The highest BCUT2D eigenvalue weighted by Gasteiger charge is 2.50. The fourth-order valence-electron chi connectivity index (χ4n) is 7.11. The molecular formula is C47H46O7. The molecule has 54 heavy (non-hydrogen) atoms. The van der Waals surface area contributed by atoms with Crippen LogP contribution >= 0.6 is 0 Å². The van der Waals surface area contributed by atoms with Crippen molar-refractivity contribution >= 4 is 0 Å². The molecule has 0 amide bonds. The summed E-state index contributed by atoms with van der Waals surface area (Å²) in [5, 5.41) is 11.8. The van der Waals surface area contributed by atoms with Crippen LogP contribution in [0.1, 0.15) is 33.4 Å². The maximum Gasteiger partial charge on any atom is 0.184 e. The van der Waals surface area contributed by atoms with Crippen molar-refractivity contribution in [2.24, 2.45) is 0 Å². The van der Waals surface area contributed by atoms with Crippen LogP contribution < -0.4 is 4.74 Å². The number of aliphatic hydroxyl groups excluding tert-OH is 1. The zero-order valence-electron chi connectivity index (χ0n) is 30.4. The summed E-state index contributed by atoms with van der Waals surface area (Å²) in [7, 11) is 1.66. The van der Waals surface area contributed by atoms with Gasteiger partial charge in [-0.2, -0.15) is 0 Å². The summed E-state index contributed by atoms with van der Waals surface area (Å²) < 4.78 is 39.7. The van der Waals surface area contributed by atoms with Gasteiger partial charge in [-0.1, -0.05) is 170 Å². The number of aliphatic hydroxyl groups is 1. The lowest BCUT2D eigenvalue weighted by Gasteiger charge is -2.46. The Morgan fingerprint density at radius 1 is 0.500 bits per heavy atom. The highest BCUT2D eigenvalue weighted by molar-refractivity contribution is 5.53. The van der Waals surface area contributed by atoms with E-state index in [1.807, 2.05) is 152 Å². The smallest absolute Gasteiger partial charge is 0.184 e. The van der Waals surface area contributed by atoms with E-state index in [2.05, 4.69) is 24.3 Å². The molecule has 1 fully saturated rings. The van der Waals surface area contributed by atoms with Gasteiger partial charge in [-0.05, 0) is 33.9 Å². The summed E-state index contributed by atoms with van der Waals surface area (Å²) in [5.74, 6) is 0.671. The molecule has 0 aromatic heterocycles. The van der Waals surface area contributed by atoms with Gasteiger partial charge in [0.05, 0.1) is 33.5 Å². The Balaban J connectivity index is 1.28. The van der Waals surface area contributed by atoms with Crippen molar-refractivity contribution in [3.8, 4) is 5.75 Å². The molecule has 0 spiro atoms. The third-order valence-electron chi connectivity index (χ3n) is 9.78. The second-order valence-electron chi connectivity index (χ2n) is 13.3. The molecule has 0 radical (unpaired) electrons. The molecule has 7 heteroatoms. The predicted octanol–water partition coefficient (Wildman–Crippen LogP) is 8.48. The minimum absolute atomic E-state index is 0.0228. The fraction of sp³-hybridized carbons (Fsp3) is 0.234. The second-order valence-corrected chi connectivity index (χ2v) is 13.3. The van der Waals surface area contributed by atoms with E-state index in [1.54, 1.807) is 7.11 Å². The van der Waals surface area contributed by atoms with E-state index in [1.165, 1.54) is 0 Å². The molecule has 0 unspecified atom stereocenters. The van der Waals surface area contributed by atoms with Crippen LogP contribution in [0.15, 0.2) is 176 Å². The number of methoxy groups -OCH3 is 1. The summed E-state index contributed by atoms with van der Waals surface area (Å²) >= 11 is 0. The molecule has 0 bridgehead atoms. The number of benzene rings is 6.